The predicted molar refractivity (Wildman–Crippen MR) is 45.5 cm³/mol. The van der Waals surface area contributed by atoms with E-state index in [1.807, 2.05) is 0 Å². The highest BCUT2D eigenvalue weighted by atomic mass is 15.2. The highest BCUT2D eigenvalue weighted by Crippen LogP contribution is 2.54. The summed E-state index contributed by atoms with van der Waals surface area (Å²) in [6, 6.07) is 0. The van der Waals surface area contributed by atoms with Crippen LogP contribution in [0.2, 0.25) is 0 Å². The topological polar surface area (TPSA) is 3.24 Å². The van der Waals surface area contributed by atoms with Crippen molar-refractivity contribution in [3.8, 4) is 0 Å². The molecule has 1 nitrogen and oxygen atoms in total. The molecule has 2 saturated heterocycles. The quantitative estimate of drug-likeness (QED) is 0.512. The van der Waals surface area contributed by atoms with E-state index in [2.05, 4.69) is 4.90 Å². The maximum Gasteiger partial charge on any atom is 0.0238 e. The van der Waals surface area contributed by atoms with Crippen LogP contribution in [0.25, 0.3) is 0 Å². The van der Waals surface area contributed by atoms with E-state index in [0.29, 0.717) is 0 Å². The van der Waals surface area contributed by atoms with Crippen LogP contribution in [0.5, 0.6) is 0 Å². The first-order chi connectivity index (χ1) is 5.42. The molecule has 0 bridgehead atoms. The van der Waals surface area contributed by atoms with Crippen LogP contribution < -0.4 is 0 Å². The lowest BCUT2D eigenvalue weighted by atomic mass is 9.64. The van der Waals surface area contributed by atoms with Crippen LogP contribution >= 0.6 is 0 Å². The Balaban J connectivity index is 1.89. The van der Waals surface area contributed by atoms with E-state index in [-0.39, 0.29) is 0 Å². The first kappa shape index (κ1) is 6.47. The third-order valence-electron chi connectivity index (χ3n) is 4.35. The SMILES string of the molecule is C1CCC23CCC2CCN3C1. The minimum absolute atomic E-state index is 0.762. The number of hydrogen-bond donors (Lipinski definition) is 0. The average molecular weight is 151 g/mol. The first-order valence-electron chi connectivity index (χ1n) is 5.17. The minimum atomic E-state index is 0.762. The molecule has 2 unspecified atom stereocenters. The highest BCUT2D eigenvalue weighted by molar-refractivity contribution is 5.10. The van der Waals surface area contributed by atoms with Crippen molar-refractivity contribution < 1.29 is 0 Å². The zero-order chi connectivity index (χ0) is 7.31. The maximum atomic E-state index is 2.80. The van der Waals surface area contributed by atoms with Crippen LogP contribution in [0.3, 0.4) is 0 Å². The van der Waals surface area contributed by atoms with Crippen molar-refractivity contribution in [2.75, 3.05) is 13.1 Å². The predicted octanol–water partition coefficient (Wildman–Crippen LogP) is 2.02. The third kappa shape index (κ3) is 0.658. The number of hydrogen-bond acceptors (Lipinski definition) is 1. The van der Waals surface area contributed by atoms with E-state index in [1.54, 1.807) is 0 Å². The van der Waals surface area contributed by atoms with Crippen molar-refractivity contribution in [1.29, 1.82) is 0 Å². The summed E-state index contributed by atoms with van der Waals surface area (Å²) in [6.45, 7) is 2.83. The molecule has 1 aliphatic carbocycles. The molecule has 2 aliphatic heterocycles. The zero-order valence-corrected chi connectivity index (χ0v) is 7.18. The van der Waals surface area contributed by atoms with Crippen LogP contribution in [-0.2, 0) is 0 Å². The highest BCUT2D eigenvalue weighted by Gasteiger charge is 2.54. The number of rotatable bonds is 0. The van der Waals surface area contributed by atoms with Gasteiger partial charge >= 0.3 is 0 Å². The Labute approximate surface area is 68.8 Å². The molecule has 0 aromatic heterocycles. The van der Waals surface area contributed by atoms with Gasteiger partial charge in [-0.25, -0.2) is 0 Å². The molecular formula is C10H17N. The third-order valence-corrected chi connectivity index (χ3v) is 4.35. The molecule has 3 fully saturated rings. The van der Waals surface area contributed by atoms with Gasteiger partial charge in [-0.15, -0.1) is 0 Å². The maximum absolute atomic E-state index is 2.80. The molecule has 62 valence electrons. The second-order valence-corrected chi connectivity index (χ2v) is 4.57. The van der Waals surface area contributed by atoms with E-state index >= 15 is 0 Å². The van der Waals surface area contributed by atoms with Gasteiger partial charge in [-0.05, 0) is 51.1 Å². The van der Waals surface area contributed by atoms with Crippen LogP contribution in [0.4, 0.5) is 0 Å². The van der Waals surface area contributed by atoms with Crippen LogP contribution in [-0.4, -0.2) is 23.5 Å². The Bertz CT molecular complexity index is 176. The summed E-state index contributed by atoms with van der Waals surface area (Å²) < 4.78 is 0. The lowest BCUT2D eigenvalue weighted by Gasteiger charge is -2.53. The molecule has 1 spiro atoms. The Kier molecular flexibility index (Phi) is 1.18. The molecule has 0 aromatic rings. The molecule has 0 aromatic carbocycles. The Morgan fingerprint density at radius 2 is 2.00 bits per heavy atom. The van der Waals surface area contributed by atoms with Gasteiger partial charge in [-0.1, -0.05) is 6.42 Å². The summed E-state index contributed by atoms with van der Waals surface area (Å²) in [6.07, 6.45) is 9.08. The summed E-state index contributed by atoms with van der Waals surface area (Å²) >= 11 is 0. The van der Waals surface area contributed by atoms with Crippen LogP contribution in [0.15, 0.2) is 0 Å². The second-order valence-electron chi connectivity index (χ2n) is 4.57. The molecule has 1 heteroatoms. The van der Waals surface area contributed by atoms with Gasteiger partial charge in [-0.2, -0.15) is 0 Å². The second kappa shape index (κ2) is 2.01. The summed E-state index contributed by atoms with van der Waals surface area (Å²) in [5.41, 5.74) is 0.762. The molecule has 0 radical (unpaired) electrons. The van der Waals surface area contributed by atoms with Crippen molar-refractivity contribution in [2.24, 2.45) is 5.92 Å². The lowest BCUT2D eigenvalue weighted by Crippen LogP contribution is -2.56. The molecule has 0 N–H and O–H groups in total. The van der Waals surface area contributed by atoms with Gasteiger partial charge in [0.2, 0.25) is 0 Å². The van der Waals surface area contributed by atoms with Gasteiger partial charge in [0.1, 0.15) is 0 Å². The summed E-state index contributed by atoms with van der Waals surface area (Å²) in [5.74, 6) is 1.11. The normalized spacial score (nSPS) is 49.6. The molecule has 0 amide bonds. The van der Waals surface area contributed by atoms with Crippen molar-refractivity contribution in [3.05, 3.63) is 0 Å². The van der Waals surface area contributed by atoms with Crippen LogP contribution in [0, 0.1) is 5.92 Å². The van der Waals surface area contributed by atoms with Crippen molar-refractivity contribution in [1.82, 2.24) is 4.90 Å². The van der Waals surface area contributed by atoms with Crippen molar-refractivity contribution in [3.63, 3.8) is 0 Å². The van der Waals surface area contributed by atoms with E-state index in [0.717, 1.165) is 11.5 Å². The monoisotopic (exact) mass is 151 g/mol. The van der Waals surface area contributed by atoms with Gasteiger partial charge < -0.3 is 0 Å². The van der Waals surface area contributed by atoms with Gasteiger partial charge in [0.25, 0.3) is 0 Å². The van der Waals surface area contributed by atoms with E-state index in [4.69, 9.17) is 0 Å². The molecule has 2 heterocycles. The van der Waals surface area contributed by atoms with Gasteiger partial charge in [0.05, 0.1) is 0 Å². The summed E-state index contributed by atoms with van der Waals surface area (Å²) in [4.78, 5) is 2.80. The summed E-state index contributed by atoms with van der Waals surface area (Å²) in [7, 11) is 0. The Hall–Kier alpha value is -0.0400. The van der Waals surface area contributed by atoms with Gasteiger partial charge in [0.15, 0.2) is 0 Å². The van der Waals surface area contributed by atoms with Crippen LogP contribution in [0.1, 0.15) is 38.5 Å². The molecule has 11 heavy (non-hydrogen) atoms. The standard InChI is InChI=1S/C10H17N/c1-2-7-11-8-4-9-3-6-10(9,11)5-1/h9H,1-8H2. The van der Waals surface area contributed by atoms with E-state index in [1.165, 1.54) is 51.6 Å². The largest absolute Gasteiger partial charge is 0.297 e. The van der Waals surface area contributed by atoms with E-state index in [9.17, 15) is 0 Å². The lowest BCUT2D eigenvalue weighted by molar-refractivity contribution is -0.0126. The van der Waals surface area contributed by atoms with Crippen molar-refractivity contribution in [2.45, 2.75) is 44.1 Å². The molecule has 3 rings (SSSR count). The van der Waals surface area contributed by atoms with Gasteiger partial charge in [-0.3, -0.25) is 4.90 Å². The smallest absolute Gasteiger partial charge is 0.0238 e. The zero-order valence-electron chi connectivity index (χ0n) is 7.18. The fraction of sp³-hybridized carbons (Fsp3) is 1.00. The minimum Gasteiger partial charge on any atom is -0.297 e. The summed E-state index contributed by atoms with van der Waals surface area (Å²) in [5, 5.41) is 0. The Morgan fingerprint density at radius 1 is 1.00 bits per heavy atom. The van der Waals surface area contributed by atoms with Crippen molar-refractivity contribution >= 4 is 0 Å². The molecular weight excluding hydrogens is 134 g/mol. The fourth-order valence-corrected chi connectivity index (χ4v) is 3.60. The molecule has 2 atom stereocenters. The number of piperidine rings is 1. The molecule has 1 saturated carbocycles. The average Bonchev–Trinajstić information content (AvgIpc) is 2.26. The van der Waals surface area contributed by atoms with Gasteiger partial charge in [0, 0.05) is 5.54 Å². The molecule has 3 aliphatic rings. The first-order valence-corrected chi connectivity index (χ1v) is 5.17. The number of nitrogens with zero attached hydrogens (tertiary/aromatic N) is 1. The Morgan fingerprint density at radius 3 is 2.73 bits per heavy atom. The van der Waals surface area contributed by atoms with E-state index < -0.39 is 0 Å². The fourth-order valence-electron chi connectivity index (χ4n) is 3.60.